The van der Waals surface area contributed by atoms with E-state index in [2.05, 4.69) is 20.2 Å². The minimum atomic E-state index is -3.50. The second kappa shape index (κ2) is 6.18. The molecule has 2 aromatic rings. The smallest absolute Gasteiger partial charge is 0.241 e. The molecule has 0 spiro atoms. The highest BCUT2D eigenvalue weighted by molar-refractivity contribution is 7.89. The summed E-state index contributed by atoms with van der Waals surface area (Å²) >= 11 is 1.46. The lowest BCUT2D eigenvalue weighted by atomic mass is 10.4. The van der Waals surface area contributed by atoms with Crippen LogP contribution in [0.5, 0.6) is 0 Å². The summed E-state index contributed by atoms with van der Waals surface area (Å²) in [6.07, 6.45) is 3.99. The van der Waals surface area contributed by atoms with Crippen molar-refractivity contribution in [2.24, 2.45) is 0 Å². The molecule has 112 valence electrons. The molecule has 6 nitrogen and oxygen atoms in total. The first-order chi connectivity index (χ1) is 10.1. The Morgan fingerprint density at radius 3 is 2.90 bits per heavy atom. The van der Waals surface area contributed by atoms with E-state index in [0.717, 1.165) is 11.4 Å². The standard InChI is InChI=1S/C13H16N4O2S2/c18-21(19,16-7-11-2-1-5-15-17-11)13-6-12(20-9-13)8-14-10-3-4-10/h1-2,5-6,9-10,14,16H,3-4,7-8H2. The average Bonchev–Trinajstić information content (AvgIpc) is 3.20. The zero-order chi connectivity index (χ0) is 14.7. The first kappa shape index (κ1) is 14.6. The summed E-state index contributed by atoms with van der Waals surface area (Å²) in [6, 6.07) is 5.79. The number of nitrogens with zero attached hydrogens (tertiary/aromatic N) is 2. The predicted molar refractivity (Wildman–Crippen MR) is 80.2 cm³/mol. The van der Waals surface area contributed by atoms with Gasteiger partial charge in [0.2, 0.25) is 10.0 Å². The maximum atomic E-state index is 12.2. The normalized spacial score (nSPS) is 15.2. The number of sulfonamides is 1. The molecule has 0 aliphatic heterocycles. The number of thiophene rings is 1. The summed E-state index contributed by atoms with van der Waals surface area (Å²) in [7, 11) is -3.50. The van der Waals surface area contributed by atoms with Gasteiger partial charge in [-0.3, -0.25) is 0 Å². The molecule has 0 atom stereocenters. The molecule has 21 heavy (non-hydrogen) atoms. The van der Waals surface area contributed by atoms with Crippen molar-refractivity contribution >= 4 is 21.4 Å². The summed E-state index contributed by atoms with van der Waals surface area (Å²) in [5, 5.41) is 12.6. The summed E-state index contributed by atoms with van der Waals surface area (Å²) in [5.74, 6) is 0. The minimum Gasteiger partial charge on any atom is -0.309 e. The first-order valence-electron chi connectivity index (χ1n) is 6.70. The van der Waals surface area contributed by atoms with Gasteiger partial charge in [0.25, 0.3) is 0 Å². The third-order valence-electron chi connectivity index (χ3n) is 3.15. The van der Waals surface area contributed by atoms with E-state index in [4.69, 9.17) is 0 Å². The van der Waals surface area contributed by atoms with E-state index in [0.29, 0.717) is 16.6 Å². The third-order valence-corrected chi connectivity index (χ3v) is 5.62. The molecule has 8 heteroatoms. The molecule has 0 saturated heterocycles. The molecule has 2 heterocycles. The molecule has 2 N–H and O–H groups in total. The van der Waals surface area contributed by atoms with Crippen molar-refractivity contribution in [3.63, 3.8) is 0 Å². The summed E-state index contributed by atoms with van der Waals surface area (Å²) in [5.41, 5.74) is 0.590. The maximum absolute atomic E-state index is 12.2. The fourth-order valence-electron chi connectivity index (χ4n) is 1.81. The van der Waals surface area contributed by atoms with E-state index in [1.54, 1.807) is 29.8 Å². The highest BCUT2D eigenvalue weighted by Crippen LogP contribution is 2.22. The average molecular weight is 324 g/mol. The zero-order valence-corrected chi connectivity index (χ0v) is 13.0. The lowest BCUT2D eigenvalue weighted by molar-refractivity contribution is 0.580. The minimum absolute atomic E-state index is 0.141. The molecule has 0 amide bonds. The van der Waals surface area contributed by atoms with Gasteiger partial charge in [0.15, 0.2) is 0 Å². The fourth-order valence-corrected chi connectivity index (χ4v) is 4.03. The van der Waals surface area contributed by atoms with Gasteiger partial charge in [-0.05, 0) is 31.0 Å². The van der Waals surface area contributed by atoms with Crippen LogP contribution in [0.4, 0.5) is 0 Å². The van der Waals surface area contributed by atoms with Gasteiger partial charge in [-0.15, -0.1) is 11.3 Å². The van der Waals surface area contributed by atoms with Crippen molar-refractivity contribution in [2.75, 3.05) is 0 Å². The van der Waals surface area contributed by atoms with Gasteiger partial charge in [-0.1, -0.05) is 0 Å². The van der Waals surface area contributed by atoms with Crippen LogP contribution >= 0.6 is 11.3 Å². The second-order valence-electron chi connectivity index (χ2n) is 4.94. The molecule has 1 saturated carbocycles. The summed E-state index contributed by atoms with van der Waals surface area (Å²) in [6.45, 7) is 0.872. The van der Waals surface area contributed by atoms with E-state index in [-0.39, 0.29) is 6.54 Å². The molecule has 2 aromatic heterocycles. The van der Waals surface area contributed by atoms with E-state index >= 15 is 0 Å². The quantitative estimate of drug-likeness (QED) is 0.801. The third kappa shape index (κ3) is 4.07. The highest BCUT2D eigenvalue weighted by atomic mass is 32.2. The molecule has 3 rings (SSSR count). The number of nitrogens with one attached hydrogen (secondary N) is 2. The van der Waals surface area contributed by atoms with Gasteiger partial charge in [-0.25, -0.2) is 13.1 Å². The molecule has 1 fully saturated rings. The van der Waals surface area contributed by atoms with Crippen molar-refractivity contribution in [1.82, 2.24) is 20.2 Å². The summed E-state index contributed by atoms with van der Waals surface area (Å²) < 4.78 is 26.9. The fraction of sp³-hybridized carbons (Fsp3) is 0.385. The van der Waals surface area contributed by atoms with Crippen LogP contribution in [-0.4, -0.2) is 24.7 Å². The van der Waals surface area contributed by atoms with Crippen LogP contribution in [0.25, 0.3) is 0 Å². The van der Waals surface area contributed by atoms with Crippen molar-refractivity contribution < 1.29 is 8.42 Å². The predicted octanol–water partition coefficient (Wildman–Crippen LogP) is 1.27. The van der Waals surface area contributed by atoms with Crippen molar-refractivity contribution in [1.29, 1.82) is 0 Å². The van der Waals surface area contributed by atoms with Crippen LogP contribution in [0.1, 0.15) is 23.4 Å². The lowest BCUT2D eigenvalue weighted by Gasteiger charge is -2.03. The SMILES string of the molecule is O=S(=O)(NCc1cccnn1)c1csc(CNC2CC2)c1. The molecule has 0 bridgehead atoms. The van der Waals surface area contributed by atoms with E-state index in [1.807, 2.05) is 0 Å². The van der Waals surface area contributed by atoms with Crippen molar-refractivity contribution in [3.8, 4) is 0 Å². The summed E-state index contributed by atoms with van der Waals surface area (Å²) in [4.78, 5) is 1.34. The molecule has 0 unspecified atom stereocenters. The van der Waals surface area contributed by atoms with Crippen molar-refractivity contribution in [3.05, 3.63) is 40.3 Å². The van der Waals surface area contributed by atoms with Gasteiger partial charge in [0.1, 0.15) is 0 Å². The van der Waals surface area contributed by atoms with Gasteiger partial charge < -0.3 is 5.32 Å². The van der Waals surface area contributed by atoms with Crippen LogP contribution in [0.2, 0.25) is 0 Å². The topological polar surface area (TPSA) is 84.0 Å². The second-order valence-corrected chi connectivity index (χ2v) is 7.71. The Morgan fingerprint density at radius 2 is 2.19 bits per heavy atom. The van der Waals surface area contributed by atoms with Crippen LogP contribution in [0, 0.1) is 0 Å². The molecule has 1 aliphatic rings. The Labute approximate surface area is 127 Å². The number of hydrogen-bond donors (Lipinski definition) is 2. The Bertz CT molecular complexity index is 696. The number of hydrogen-bond acceptors (Lipinski definition) is 6. The molecular weight excluding hydrogens is 308 g/mol. The van der Waals surface area contributed by atoms with Crippen LogP contribution in [0.3, 0.4) is 0 Å². The molecular formula is C13H16N4O2S2. The van der Waals surface area contributed by atoms with Gasteiger partial charge in [0.05, 0.1) is 17.1 Å². The highest BCUT2D eigenvalue weighted by Gasteiger charge is 2.21. The van der Waals surface area contributed by atoms with E-state index in [9.17, 15) is 8.42 Å². The zero-order valence-electron chi connectivity index (χ0n) is 11.3. The maximum Gasteiger partial charge on any atom is 0.241 e. The Hall–Kier alpha value is -1.35. The lowest BCUT2D eigenvalue weighted by Crippen LogP contribution is -2.23. The first-order valence-corrected chi connectivity index (χ1v) is 9.07. The van der Waals surface area contributed by atoms with Crippen LogP contribution in [-0.2, 0) is 23.1 Å². The monoisotopic (exact) mass is 324 g/mol. The largest absolute Gasteiger partial charge is 0.309 e. The Balaban J connectivity index is 1.61. The molecule has 0 aromatic carbocycles. The molecule has 0 radical (unpaired) electrons. The van der Waals surface area contributed by atoms with Gasteiger partial charge in [0, 0.05) is 29.0 Å². The van der Waals surface area contributed by atoms with Crippen LogP contribution < -0.4 is 10.0 Å². The van der Waals surface area contributed by atoms with Gasteiger partial charge >= 0.3 is 0 Å². The Kier molecular flexibility index (Phi) is 4.29. The van der Waals surface area contributed by atoms with Crippen molar-refractivity contribution in [2.45, 2.75) is 36.9 Å². The van der Waals surface area contributed by atoms with Crippen LogP contribution in [0.15, 0.2) is 34.7 Å². The molecule has 1 aliphatic carbocycles. The van der Waals surface area contributed by atoms with E-state index < -0.39 is 10.0 Å². The Morgan fingerprint density at radius 1 is 1.33 bits per heavy atom. The van der Waals surface area contributed by atoms with E-state index in [1.165, 1.54) is 24.2 Å². The number of rotatable bonds is 7. The number of aromatic nitrogens is 2. The van der Waals surface area contributed by atoms with Gasteiger partial charge in [-0.2, -0.15) is 10.2 Å².